The van der Waals surface area contributed by atoms with Gasteiger partial charge in [-0.2, -0.15) is 11.8 Å². The summed E-state index contributed by atoms with van der Waals surface area (Å²) in [5.74, 6) is 2.58. The first kappa shape index (κ1) is 13.8. The molecule has 0 aliphatic carbocycles. The van der Waals surface area contributed by atoms with Crippen LogP contribution in [-0.2, 0) is 0 Å². The first-order valence-corrected chi connectivity index (χ1v) is 7.44. The lowest BCUT2D eigenvalue weighted by Gasteiger charge is -2.07. The Labute approximate surface area is 110 Å². The number of thioether (sulfide) groups is 1. The van der Waals surface area contributed by atoms with E-state index in [4.69, 9.17) is 0 Å². The summed E-state index contributed by atoms with van der Waals surface area (Å²) in [5.41, 5.74) is 0.805. The van der Waals surface area contributed by atoms with E-state index in [1.807, 2.05) is 24.3 Å². The summed E-state index contributed by atoms with van der Waals surface area (Å²) in [5, 5.41) is 0. The zero-order valence-electron chi connectivity index (χ0n) is 9.70. The molecule has 1 aromatic rings. The smallest absolute Gasteiger partial charge is 0.172 e. The number of halogens is 1. The molecular weight excluding hydrogens is 284 g/mol. The summed E-state index contributed by atoms with van der Waals surface area (Å²) in [7, 11) is 0. The van der Waals surface area contributed by atoms with Gasteiger partial charge in [-0.3, -0.25) is 4.79 Å². The quantitative estimate of drug-likeness (QED) is 0.724. The standard InChI is InChI=1S/C13H17BrOS/c1-3-10(2)8-16-9-13(15)11-4-6-12(14)7-5-11/h4-7,10H,3,8-9H2,1-2H3. The van der Waals surface area contributed by atoms with E-state index in [1.165, 1.54) is 6.42 Å². The zero-order valence-corrected chi connectivity index (χ0v) is 12.1. The van der Waals surface area contributed by atoms with Crippen LogP contribution in [0.1, 0.15) is 30.6 Å². The second-order valence-corrected chi connectivity index (χ2v) is 5.90. The van der Waals surface area contributed by atoms with Crippen molar-refractivity contribution >= 4 is 33.5 Å². The van der Waals surface area contributed by atoms with Gasteiger partial charge in [0.15, 0.2) is 5.78 Å². The number of hydrogen-bond donors (Lipinski definition) is 0. The van der Waals surface area contributed by atoms with Gasteiger partial charge < -0.3 is 0 Å². The number of benzene rings is 1. The van der Waals surface area contributed by atoms with Crippen LogP contribution in [0, 0.1) is 5.92 Å². The third-order valence-electron chi connectivity index (χ3n) is 2.50. The SMILES string of the molecule is CCC(C)CSCC(=O)c1ccc(Br)cc1. The highest BCUT2D eigenvalue weighted by Gasteiger charge is 2.06. The minimum atomic E-state index is 0.223. The molecule has 1 unspecified atom stereocenters. The van der Waals surface area contributed by atoms with Crippen molar-refractivity contribution in [3.63, 3.8) is 0 Å². The van der Waals surface area contributed by atoms with Crippen molar-refractivity contribution in [3.8, 4) is 0 Å². The van der Waals surface area contributed by atoms with Crippen molar-refractivity contribution in [2.45, 2.75) is 20.3 Å². The Balaban J connectivity index is 2.38. The molecular formula is C13H17BrOS. The monoisotopic (exact) mass is 300 g/mol. The molecule has 1 atom stereocenters. The number of carbonyl (C=O) groups excluding carboxylic acids is 1. The number of Topliss-reactive ketones (excluding diaryl/α,β-unsaturated/α-hetero) is 1. The van der Waals surface area contributed by atoms with Crippen LogP contribution in [0.3, 0.4) is 0 Å². The van der Waals surface area contributed by atoms with Crippen molar-refractivity contribution < 1.29 is 4.79 Å². The fraction of sp³-hybridized carbons (Fsp3) is 0.462. The molecule has 1 rings (SSSR count). The molecule has 0 amide bonds. The molecule has 0 radical (unpaired) electrons. The lowest BCUT2D eigenvalue weighted by molar-refractivity contribution is 0.102. The van der Waals surface area contributed by atoms with Gasteiger partial charge in [0.05, 0.1) is 5.75 Å². The fourth-order valence-electron chi connectivity index (χ4n) is 1.19. The highest BCUT2D eigenvalue weighted by atomic mass is 79.9. The molecule has 0 bridgehead atoms. The van der Waals surface area contributed by atoms with Gasteiger partial charge in [-0.1, -0.05) is 48.3 Å². The van der Waals surface area contributed by atoms with E-state index in [2.05, 4.69) is 29.8 Å². The van der Waals surface area contributed by atoms with E-state index in [1.54, 1.807) is 11.8 Å². The van der Waals surface area contributed by atoms with Gasteiger partial charge in [0.25, 0.3) is 0 Å². The topological polar surface area (TPSA) is 17.1 Å². The molecule has 0 saturated heterocycles. The second-order valence-electron chi connectivity index (χ2n) is 3.96. The number of rotatable bonds is 6. The van der Waals surface area contributed by atoms with Gasteiger partial charge in [-0.15, -0.1) is 0 Å². The predicted octanol–water partition coefficient (Wildman–Crippen LogP) is 4.41. The average molecular weight is 301 g/mol. The molecule has 0 aromatic heterocycles. The van der Waals surface area contributed by atoms with E-state index < -0.39 is 0 Å². The first-order chi connectivity index (χ1) is 7.63. The van der Waals surface area contributed by atoms with E-state index >= 15 is 0 Å². The van der Waals surface area contributed by atoms with Crippen molar-refractivity contribution in [1.29, 1.82) is 0 Å². The van der Waals surface area contributed by atoms with Crippen LogP contribution in [-0.4, -0.2) is 17.3 Å². The van der Waals surface area contributed by atoms with E-state index in [-0.39, 0.29) is 5.78 Å². The van der Waals surface area contributed by atoms with Crippen molar-refractivity contribution in [3.05, 3.63) is 34.3 Å². The highest BCUT2D eigenvalue weighted by molar-refractivity contribution is 9.10. The molecule has 16 heavy (non-hydrogen) atoms. The summed E-state index contributed by atoms with van der Waals surface area (Å²) in [6, 6.07) is 7.56. The summed E-state index contributed by atoms with van der Waals surface area (Å²) in [4.78, 5) is 11.8. The number of hydrogen-bond acceptors (Lipinski definition) is 2. The van der Waals surface area contributed by atoms with E-state index in [0.29, 0.717) is 11.7 Å². The molecule has 0 N–H and O–H groups in total. The van der Waals surface area contributed by atoms with Crippen LogP contribution in [0.15, 0.2) is 28.7 Å². The largest absolute Gasteiger partial charge is 0.293 e. The molecule has 0 aliphatic heterocycles. The normalized spacial score (nSPS) is 12.4. The van der Waals surface area contributed by atoms with E-state index in [9.17, 15) is 4.79 Å². The van der Waals surface area contributed by atoms with Gasteiger partial charge in [-0.05, 0) is 23.8 Å². The minimum Gasteiger partial charge on any atom is -0.293 e. The Bertz CT molecular complexity index is 334. The third-order valence-corrected chi connectivity index (χ3v) is 4.30. The minimum absolute atomic E-state index is 0.223. The zero-order chi connectivity index (χ0) is 12.0. The van der Waals surface area contributed by atoms with Crippen LogP contribution in [0.5, 0.6) is 0 Å². The Morgan fingerprint density at radius 3 is 2.56 bits per heavy atom. The van der Waals surface area contributed by atoms with Crippen LogP contribution in [0.2, 0.25) is 0 Å². The fourth-order valence-corrected chi connectivity index (χ4v) is 2.56. The summed E-state index contributed by atoms with van der Waals surface area (Å²) in [6.07, 6.45) is 1.18. The molecule has 3 heteroatoms. The second kappa shape index (κ2) is 7.13. The first-order valence-electron chi connectivity index (χ1n) is 5.50. The third kappa shape index (κ3) is 4.71. The molecule has 0 heterocycles. The van der Waals surface area contributed by atoms with Gasteiger partial charge in [0.2, 0.25) is 0 Å². The summed E-state index contributed by atoms with van der Waals surface area (Å²) < 4.78 is 1.01. The molecule has 0 fully saturated rings. The Morgan fingerprint density at radius 1 is 1.38 bits per heavy atom. The predicted molar refractivity (Wildman–Crippen MR) is 75.3 cm³/mol. The molecule has 1 aromatic carbocycles. The van der Waals surface area contributed by atoms with Crippen LogP contribution < -0.4 is 0 Å². The molecule has 88 valence electrons. The van der Waals surface area contributed by atoms with Crippen LogP contribution in [0.25, 0.3) is 0 Å². The molecule has 1 nitrogen and oxygen atoms in total. The van der Waals surface area contributed by atoms with Gasteiger partial charge in [0.1, 0.15) is 0 Å². The molecule has 0 aliphatic rings. The molecule has 0 spiro atoms. The maximum absolute atomic E-state index is 11.8. The van der Waals surface area contributed by atoms with Crippen LogP contribution >= 0.6 is 27.7 Å². The highest BCUT2D eigenvalue weighted by Crippen LogP contribution is 2.15. The van der Waals surface area contributed by atoms with Gasteiger partial charge >= 0.3 is 0 Å². The Morgan fingerprint density at radius 2 is 2.00 bits per heavy atom. The van der Waals surface area contributed by atoms with Crippen LogP contribution in [0.4, 0.5) is 0 Å². The Kier molecular flexibility index (Phi) is 6.14. The maximum atomic E-state index is 11.8. The Hall–Kier alpha value is -0.280. The van der Waals surface area contributed by atoms with Gasteiger partial charge in [0, 0.05) is 10.0 Å². The van der Waals surface area contributed by atoms with Gasteiger partial charge in [-0.25, -0.2) is 0 Å². The van der Waals surface area contributed by atoms with Crippen molar-refractivity contribution in [2.24, 2.45) is 5.92 Å². The number of ketones is 1. The van der Waals surface area contributed by atoms with E-state index in [0.717, 1.165) is 15.8 Å². The maximum Gasteiger partial charge on any atom is 0.172 e. The number of carbonyl (C=O) groups is 1. The lowest BCUT2D eigenvalue weighted by atomic mass is 10.1. The van der Waals surface area contributed by atoms with Crippen molar-refractivity contribution in [1.82, 2.24) is 0 Å². The summed E-state index contributed by atoms with van der Waals surface area (Å²) in [6.45, 7) is 4.40. The average Bonchev–Trinajstić information content (AvgIpc) is 2.29. The lowest BCUT2D eigenvalue weighted by Crippen LogP contribution is -2.05. The molecule has 0 saturated carbocycles. The van der Waals surface area contributed by atoms with Crippen molar-refractivity contribution in [2.75, 3.05) is 11.5 Å². The summed E-state index contributed by atoms with van der Waals surface area (Å²) >= 11 is 5.09.